The van der Waals surface area contributed by atoms with Crippen LogP contribution in [0.4, 0.5) is 0 Å². The highest BCUT2D eigenvalue weighted by Gasteiger charge is 2.61. The lowest BCUT2D eigenvalue weighted by Gasteiger charge is -2.09. The molecule has 0 bridgehead atoms. The second kappa shape index (κ2) is 3.31. The van der Waals surface area contributed by atoms with Crippen molar-refractivity contribution in [3.05, 3.63) is 30.3 Å². The van der Waals surface area contributed by atoms with Crippen LogP contribution in [0, 0.1) is 0 Å². The quantitative estimate of drug-likeness (QED) is 0.759. The van der Waals surface area contributed by atoms with Gasteiger partial charge in [-0.05, 0) is 32.9 Å². The third-order valence-electron chi connectivity index (χ3n) is 3.28. The molecule has 1 saturated heterocycles. The van der Waals surface area contributed by atoms with Gasteiger partial charge in [0.25, 0.3) is 0 Å². The lowest BCUT2D eigenvalue weighted by Crippen LogP contribution is -2.27. The summed E-state index contributed by atoms with van der Waals surface area (Å²) in [6.07, 6.45) is 0. The minimum Gasteiger partial charge on any atom is -0.362 e. The third-order valence-corrected chi connectivity index (χ3v) is 5.20. The van der Waals surface area contributed by atoms with Crippen molar-refractivity contribution in [2.45, 2.75) is 36.9 Å². The van der Waals surface area contributed by atoms with Gasteiger partial charge in [0.1, 0.15) is 5.60 Å². The Labute approximate surface area is 96.4 Å². The molecule has 1 aromatic rings. The van der Waals surface area contributed by atoms with E-state index in [1.807, 2.05) is 20.8 Å². The maximum Gasteiger partial charge on any atom is 0.181 e. The number of benzene rings is 1. The van der Waals surface area contributed by atoms with Crippen LogP contribution in [0.5, 0.6) is 0 Å². The Morgan fingerprint density at radius 1 is 1.12 bits per heavy atom. The standard InChI is InChI=1S/C12H16O3S/c1-11(2)12(3,15-11)9-16(13,14)10-7-5-4-6-8-10/h4-8H,9H2,1-3H3. The zero-order chi connectivity index (χ0) is 12.0. The first-order chi connectivity index (χ1) is 7.27. The maximum atomic E-state index is 12.1. The molecular formula is C12H16O3S. The molecule has 1 aromatic carbocycles. The fraction of sp³-hybridized carbons (Fsp3) is 0.500. The zero-order valence-electron chi connectivity index (χ0n) is 9.73. The number of hydrogen-bond acceptors (Lipinski definition) is 3. The summed E-state index contributed by atoms with van der Waals surface area (Å²) in [6.45, 7) is 5.66. The number of rotatable bonds is 3. The third kappa shape index (κ3) is 1.87. The van der Waals surface area contributed by atoms with Crippen LogP contribution in [0.3, 0.4) is 0 Å². The summed E-state index contributed by atoms with van der Waals surface area (Å²) in [4.78, 5) is 0.363. The van der Waals surface area contributed by atoms with Gasteiger partial charge in [0.2, 0.25) is 0 Å². The zero-order valence-corrected chi connectivity index (χ0v) is 10.5. The largest absolute Gasteiger partial charge is 0.362 e. The molecule has 0 aromatic heterocycles. The van der Waals surface area contributed by atoms with Crippen LogP contribution in [0.1, 0.15) is 20.8 Å². The van der Waals surface area contributed by atoms with Gasteiger partial charge < -0.3 is 4.74 Å². The van der Waals surface area contributed by atoms with Crippen molar-refractivity contribution in [1.29, 1.82) is 0 Å². The molecule has 1 atom stereocenters. The van der Waals surface area contributed by atoms with Crippen LogP contribution in [0.25, 0.3) is 0 Å². The molecule has 1 unspecified atom stereocenters. The molecule has 4 heteroatoms. The van der Waals surface area contributed by atoms with Crippen molar-refractivity contribution in [2.24, 2.45) is 0 Å². The first-order valence-electron chi connectivity index (χ1n) is 5.25. The Morgan fingerprint density at radius 3 is 2.06 bits per heavy atom. The van der Waals surface area contributed by atoms with Crippen molar-refractivity contribution in [2.75, 3.05) is 5.75 Å². The average Bonchev–Trinajstić information content (AvgIpc) is 2.65. The first kappa shape index (κ1) is 11.6. The van der Waals surface area contributed by atoms with E-state index in [0.717, 1.165) is 0 Å². The van der Waals surface area contributed by atoms with Crippen LogP contribution in [-0.2, 0) is 14.6 Å². The molecular weight excluding hydrogens is 224 g/mol. The molecule has 0 aliphatic carbocycles. The van der Waals surface area contributed by atoms with Crippen LogP contribution < -0.4 is 0 Å². The molecule has 0 spiro atoms. The van der Waals surface area contributed by atoms with Crippen LogP contribution in [-0.4, -0.2) is 25.4 Å². The minimum atomic E-state index is -3.25. The molecule has 1 fully saturated rings. The average molecular weight is 240 g/mol. The molecule has 3 nitrogen and oxygen atoms in total. The molecule has 16 heavy (non-hydrogen) atoms. The van der Waals surface area contributed by atoms with Gasteiger partial charge in [0, 0.05) is 0 Å². The van der Waals surface area contributed by atoms with Crippen LogP contribution in [0.15, 0.2) is 35.2 Å². The van der Waals surface area contributed by atoms with Gasteiger partial charge in [-0.2, -0.15) is 0 Å². The molecule has 0 N–H and O–H groups in total. The fourth-order valence-electron chi connectivity index (χ4n) is 1.81. The summed E-state index contributed by atoms with van der Waals surface area (Å²) < 4.78 is 29.7. The van der Waals surface area contributed by atoms with E-state index in [1.54, 1.807) is 30.3 Å². The van der Waals surface area contributed by atoms with Gasteiger partial charge in [0.05, 0.1) is 16.2 Å². The second-order valence-electron chi connectivity index (χ2n) is 4.92. The van der Waals surface area contributed by atoms with E-state index < -0.39 is 15.4 Å². The fourth-order valence-corrected chi connectivity index (χ4v) is 3.68. The minimum absolute atomic E-state index is 0.0387. The van der Waals surface area contributed by atoms with Crippen molar-refractivity contribution in [3.63, 3.8) is 0 Å². The Morgan fingerprint density at radius 2 is 1.62 bits per heavy atom. The first-order valence-corrected chi connectivity index (χ1v) is 6.90. The number of ether oxygens (including phenoxy) is 1. The van der Waals surface area contributed by atoms with E-state index in [0.29, 0.717) is 4.90 Å². The Kier molecular flexibility index (Phi) is 2.40. The lowest BCUT2D eigenvalue weighted by atomic mass is 10.0. The van der Waals surface area contributed by atoms with Crippen LogP contribution >= 0.6 is 0 Å². The van der Waals surface area contributed by atoms with Gasteiger partial charge in [-0.1, -0.05) is 18.2 Å². The van der Waals surface area contributed by atoms with Crippen LogP contribution in [0.2, 0.25) is 0 Å². The molecule has 1 heterocycles. The molecule has 1 aliphatic rings. The van der Waals surface area contributed by atoms with E-state index in [2.05, 4.69) is 0 Å². The number of epoxide rings is 1. The highest BCUT2D eigenvalue weighted by atomic mass is 32.2. The summed E-state index contributed by atoms with van der Waals surface area (Å²) >= 11 is 0. The molecule has 88 valence electrons. The van der Waals surface area contributed by atoms with E-state index in [9.17, 15) is 8.42 Å². The Bertz CT molecular complexity index is 490. The normalized spacial score (nSPS) is 27.7. The van der Waals surface area contributed by atoms with Gasteiger partial charge in [-0.25, -0.2) is 8.42 Å². The Hall–Kier alpha value is -0.870. The van der Waals surface area contributed by atoms with Crippen molar-refractivity contribution in [3.8, 4) is 0 Å². The SMILES string of the molecule is CC1(C)OC1(C)CS(=O)(=O)c1ccccc1. The summed E-state index contributed by atoms with van der Waals surface area (Å²) in [7, 11) is -3.25. The molecule has 0 amide bonds. The smallest absolute Gasteiger partial charge is 0.181 e. The second-order valence-corrected chi connectivity index (χ2v) is 6.90. The summed E-state index contributed by atoms with van der Waals surface area (Å²) in [6, 6.07) is 8.50. The molecule has 0 saturated carbocycles. The molecule has 1 aliphatic heterocycles. The topological polar surface area (TPSA) is 46.7 Å². The maximum absolute atomic E-state index is 12.1. The monoisotopic (exact) mass is 240 g/mol. The van der Waals surface area contributed by atoms with E-state index in [4.69, 9.17) is 4.74 Å². The van der Waals surface area contributed by atoms with Crippen molar-refractivity contribution < 1.29 is 13.2 Å². The highest BCUT2D eigenvalue weighted by Crippen LogP contribution is 2.48. The van der Waals surface area contributed by atoms with Crippen molar-refractivity contribution in [1.82, 2.24) is 0 Å². The van der Waals surface area contributed by atoms with E-state index >= 15 is 0 Å². The number of sulfone groups is 1. The van der Waals surface area contributed by atoms with Gasteiger partial charge in [-0.3, -0.25) is 0 Å². The predicted octanol–water partition coefficient (Wildman–Crippen LogP) is 2.03. The van der Waals surface area contributed by atoms with E-state index in [1.165, 1.54) is 0 Å². The summed E-state index contributed by atoms with van der Waals surface area (Å²) in [5.74, 6) is 0.0387. The summed E-state index contributed by atoms with van der Waals surface area (Å²) in [5.41, 5.74) is -0.892. The molecule has 0 radical (unpaired) electrons. The van der Waals surface area contributed by atoms with Gasteiger partial charge in [0.15, 0.2) is 9.84 Å². The summed E-state index contributed by atoms with van der Waals surface area (Å²) in [5, 5.41) is 0. The lowest BCUT2D eigenvalue weighted by molar-refractivity contribution is 0.296. The van der Waals surface area contributed by atoms with Gasteiger partial charge >= 0.3 is 0 Å². The van der Waals surface area contributed by atoms with Gasteiger partial charge in [-0.15, -0.1) is 0 Å². The molecule has 2 rings (SSSR count). The number of hydrogen-bond donors (Lipinski definition) is 0. The predicted molar refractivity (Wildman–Crippen MR) is 62.1 cm³/mol. The van der Waals surface area contributed by atoms with Crippen molar-refractivity contribution >= 4 is 9.84 Å². The van der Waals surface area contributed by atoms with E-state index in [-0.39, 0.29) is 11.4 Å². The Balaban J connectivity index is 2.24. The highest BCUT2D eigenvalue weighted by molar-refractivity contribution is 7.91.